The lowest BCUT2D eigenvalue weighted by atomic mass is 9.80. The Bertz CT molecular complexity index is 1010. The molecule has 0 unspecified atom stereocenters. The highest BCUT2D eigenvalue weighted by Crippen LogP contribution is 2.36. The Balaban J connectivity index is 2.12. The minimum Gasteiger partial charge on any atom is -0.281 e. The smallest absolute Gasteiger partial charge is 0.169 e. The summed E-state index contributed by atoms with van der Waals surface area (Å²) in [7, 11) is 0. The van der Waals surface area contributed by atoms with E-state index >= 15 is 0 Å². The van der Waals surface area contributed by atoms with Crippen LogP contribution in [0.1, 0.15) is 32.8 Å². The van der Waals surface area contributed by atoms with Gasteiger partial charge in [0.2, 0.25) is 0 Å². The summed E-state index contributed by atoms with van der Waals surface area (Å²) in [4.78, 5) is 0. The first-order chi connectivity index (χ1) is 11.6. The zero-order valence-electron chi connectivity index (χ0n) is 14.3. The van der Waals surface area contributed by atoms with Gasteiger partial charge in [0.05, 0.1) is 5.69 Å². The van der Waals surface area contributed by atoms with Crippen molar-refractivity contribution in [2.24, 2.45) is 0 Å². The van der Waals surface area contributed by atoms with Gasteiger partial charge in [0.1, 0.15) is 6.33 Å². The van der Waals surface area contributed by atoms with E-state index in [0.717, 1.165) is 17.8 Å². The molecule has 24 heavy (non-hydrogen) atoms. The minimum absolute atomic E-state index is 0.0974. The highest BCUT2D eigenvalue weighted by atomic mass is 15.2. The van der Waals surface area contributed by atoms with Crippen molar-refractivity contribution in [3.05, 3.63) is 66.5 Å². The average Bonchev–Trinajstić information content (AvgIpc) is 3.11. The Morgan fingerprint density at radius 2 is 1.79 bits per heavy atom. The Hall–Kier alpha value is -2.68. The van der Waals surface area contributed by atoms with E-state index in [4.69, 9.17) is 0 Å². The van der Waals surface area contributed by atoms with Crippen LogP contribution in [-0.2, 0) is 5.41 Å². The third-order valence-electron chi connectivity index (χ3n) is 5.10. The lowest BCUT2D eigenvalue weighted by molar-refractivity contribution is 0.511. The fraction of sp³-hybridized carbons (Fsp3) is 0.238. The first-order valence-electron chi connectivity index (χ1n) is 8.43. The Morgan fingerprint density at radius 3 is 2.54 bits per heavy atom. The Labute approximate surface area is 142 Å². The molecule has 4 rings (SSSR count). The first kappa shape index (κ1) is 14.9. The standard InChI is InChI=1S/C21H21N3/c1-4-21(2,3)17-12-8-11-16-13-18(15-9-6-5-7-10-15)24-14-22-23-20(24)19(16)17/h5-14H,4H2,1-3H3. The molecule has 3 nitrogen and oxygen atoms in total. The Morgan fingerprint density at radius 1 is 1.00 bits per heavy atom. The van der Waals surface area contributed by atoms with E-state index in [1.54, 1.807) is 0 Å². The molecule has 3 heteroatoms. The quantitative estimate of drug-likeness (QED) is 0.518. The number of benzene rings is 2. The van der Waals surface area contributed by atoms with Crippen molar-refractivity contribution in [1.29, 1.82) is 0 Å². The second kappa shape index (κ2) is 5.45. The van der Waals surface area contributed by atoms with Crippen molar-refractivity contribution >= 4 is 16.4 Å². The molecule has 0 spiro atoms. The van der Waals surface area contributed by atoms with Crippen LogP contribution in [0.4, 0.5) is 0 Å². The van der Waals surface area contributed by atoms with E-state index in [1.165, 1.54) is 21.9 Å². The maximum atomic E-state index is 4.45. The monoisotopic (exact) mass is 315 g/mol. The second-order valence-corrected chi connectivity index (χ2v) is 6.93. The lowest BCUT2D eigenvalue weighted by Crippen LogP contribution is -2.16. The number of pyridine rings is 1. The van der Waals surface area contributed by atoms with E-state index in [-0.39, 0.29) is 5.41 Å². The van der Waals surface area contributed by atoms with E-state index < -0.39 is 0 Å². The summed E-state index contributed by atoms with van der Waals surface area (Å²) < 4.78 is 2.10. The molecule has 0 aliphatic rings. The molecule has 0 bridgehead atoms. The summed E-state index contributed by atoms with van der Waals surface area (Å²) in [5.74, 6) is 0. The molecule has 0 fully saturated rings. The Kier molecular flexibility index (Phi) is 3.38. The fourth-order valence-corrected chi connectivity index (χ4v) is 3.32. The van der Waals surface area contributed by atoms with Crippen LogP contribution in [0.25, 0.3) is 27.7 Å². The van der Waals surface area contributed by atoms with Crippen LogP contribution in [-0.4, -0.2) is 14.6 Å². The first-order valence-corrected chi connectivity index (χ1v) is 8.43. The maximum absolute atomic E-state index is 4.45. The molecule has 2 heterocycles. The third kappa shape index (κ3) is 2.20. The summed E-state index contributed by atoms with van der Waals surface area (Å²) in [6.45, 7) is 6.82. The van der Waals surface area contributed by atoms with E-state index in [1.807, 2.05) is 12.4 Å². The predicted molar refractivity (Wildman–Crippen MR) is 99.2 cm³/mol. The van der Waals surface area contributed by atoms with E-state index in [0.29, 0.717) is 0 Å². The average molecular weight is 315 g/mol. The van der Waals surface area contributed by atoms with Crippen molar-refractivity contribution in [3.8, 4) is 11.3 Å². The van der Waals surface area contributed by atoms with Gasteiger partial charge in [-0.1, -0.05) is 69.3 Å². The van der Waals surface area contributed by atoms with Gasteiger partial charge in [-0.05, 0) is 34.4 Å². The third-order valence-corrected chi connectivity index (χ3v) is 5.10. The van der Waals surface area contributed by atoms with Gasteiger partial charge >= 0.3 is 0 Å². The van der Waals surface area contributed by atoms with Gasteiger partial charge < -0.3 is 0 Å². The van der Waals surface area contributed by atoms with Crippen LogP contribution in [0.2, 0.25) is 0 Å². The van der Waals surface area contributed by atoms with Gasteiger partial charge in [-0.2, -0.15) is 0 Å². The molecule has 0 saturated carbocycles. The predicted octanol–water partition coefficient (Wildman–Crippen LogP) is 5.24. The number of fused-ring (bicyclic) bond motifs is 3. The van der Waals surface area contributed by atoms with Gasteiger partial charge in [0.15, 0.2) is 5.65 Å². The highest BCUT2D eigenvalue weighted by molar-refractivity contribution is 5.99. The van der Waals surface area contributed by atoms with Gasteiger partial charge in [-0.15, -0.1) is 10.2 Å². The summed E-state index contributed by atoms with van der Waals surface area (Å²) in [6, 6.07) is 19.2. The van der Waals surface area contributed by atoms with Crippen LogP contribution >= 0.6 is 0 Å². The summed E-state index contributed by atoms with van der Waals surface area (Å²) >= 11 is 0. The SMILES string of the molecule is CCC(C)(C)c1cccc2cc(-c3ccccc3)n3cnnc3c12. The van der Waals surface area contributed by atoms with E-state index in [9.17, 15) is 0 Å². The van der Waals surface area contributed by atoms with Gasteiger partial charge in [0, 0.05) is 5.39 Å². The molecule has 120 valence electrons. The summed E-state index contributed by atoms with van der Waals surface area (Å²) in [5, 5.41) is 11.1. The molecule has 0 aliphatic heterocycles. The van der Waals surface area contributed by atoms with Crippen LogP contribution in [0.5, 0.6) is 0 Å². The number of rotatable bonds is 3. The zero-order valence-corrected chi connectivity index (χ0v) is 14.3. The lowest BCUT2D eigenvalue weighted by Gasteiger charge is -2.25. The van der Waals surface area contributed by atoms with Gasteiger partial charge in [0.25, 0.3) is 0 Å². The number of nitrogens with zero attached hydrogens (tertiary/aromatic N) is 3. The molecule has 0 N–H and O–H groups in total. The van der Waals surface area contributed by atoms with Crippen molar-refractivity contribution < 1.29 is 0 Å². The van der Waals surface area contributed by atoms with E-state index in [2.05, 4.69) is 83.9 Å². The second-order valence-electron chi connectivity index (χ2n) is 6.93. The molecule has 2 aromatic carbocycles. The van der Waals surface area contributed by atoms with Crippen molar-refractivity contribution in [2.75, 3.05) is 0 Å². The molecule has 0 aliphatic carbocycles. The largest absolute Gasteiger partial charge is 0.281 e. The summed E-state index contributed by atoms with van der Waals surface area (Å²) in [5.41, 5.74) is 4.66. The molecular formula is C21H21N3. The topological polar surface area (TPSA) is 30.2 Å². The molecule has 4 aromatic rings. The van der Waals surface area contributed by atoms with Crippen LogP contribution in [0.15, 0.2) is 60.9 Å². The molecule has 0 radical (unpaired) electrons. The molecule has 2 aromatic heterocycles. The fourth-order valence-electron chi connectivity index (χ4n) is 3.32. The maximum Gasteiger partial charge on any atom is 0.169 e. The molecule has 0 atom stereocenters. The van der Waals surface area contributed by atoms with Crippen molar-refractivity contribution in [1.82, 2.24) is 14.6 Å². The number of hydrogen-bond donors (Lipinski definition) is 0. The van der Waals surface area contributed by atoms with Crippen molar-refractivity contribution in [2.45, 2.75) is 32.6 Å². The van der Waals surface area contributed by atoms with Crippen LogP contribution in [0, 0.1) is 0 Å². The van der Waals surface area contributed by atoms with Gasteiger partial charge in [-0.3, -0.25) is 4.40 Å². The summed E-state index contributed by atoms with van der Waals surface area (Å²) in [6.07, 6.45) is 2.89. The minimum atomic E-state index is 0.0974. The molecular weight excluding hydrogens is 294 g/mol. The van der Waals surface area contributed by atoms with Crippen LogP contribution < -0.4 is 0 Å². The number of hydrogen-bond acceptors (Lipinski definition) is 2. The molecule has 0 saturated heterocycles. The van der Waals surface area contributed by atoms with Gasteiger partial charge in [-0.25, -0.2) is 0 Å². The number of aromatic nitrogens is 3. The van der Waals surface area contributed by atoms with Crippen LogP contribution in [0.3, 0.4) is 0 Å². The molecule has 0 amide bonds. The highest BCUT2D eigenvalue weighted by Gasteiger charge is 2.23. The zero-order chi connectivity index (χ0) is 16.7. The normalized spacial score (nSPS) is 12.1. The van der Waals surface area contributed by atoms with Crippen molar-refractivity contribution in [3.63, 3.8) is 0 Å².